The van der Waals surface area contributed by atoms with E-state index in [9.17, 15) is 9.59 Å². The fourth-order valence-corrected chi connectivity index (χ4v) is 2.75. The lowest BCUT2D eigenvalue weighted by Gasteiger charge is -2.13. The Kier molecular flexibility index (Phi) is 3.44. The summed E-state index contributed by atoms with van der Waals surface area (Å²) in [4.78, 5) is 24.3. The fraction of sp³-hybridized carbons (Fsp3) is 0.467. The second kappa shape index (κ2) is 5.25. The van der Waals surface area contributed by atoms with Crippen molar-refractivity contribution in [3.05, 3.63) is 39.3 Å². The third-order valence-corrected chi connectivity index (χ3v) is 3.94. The molecule has 1 fully saturated rings. The normalized spacial score (nSPS) is 20.1. The van der Waals surface area contributed by atoms with E-state index in [4.69, 9.17) is 4.74 Å². The largest absolute Gasteiger partial charge is 0.381 e. The Bertz CT molecular complexity index is 625. The number of rotatable bonds is 3. The number of allylic oxidation sites excluding steroid dienone is 1. The van der Waals surface area contributed by atoms with Crippen LogP contribution in [0, 0.1) is 5.92 Å². The van der Waals surface area contributed by atoms with Crippen LogP contribution in [0.2, 0.25) is 0 Å². The Morgan fingerprint density at radius 1 is 1.55 bits per heavy atom. The molecule has 20 heavy (non-hydrogen) atoms. The molecule has 1 aromatic rings. The molecule has 3 rings (SSSR count). The van der Waals surface area contributed by atoms with E-state index in [1.54, 1.807) is 13.2 Å². The first-order valence-corrected chi connectivity index (χ1v) is 6.92. The van der Waals surface area contributed by atoms with Crippen LogP contribution >= 0.6 is 0 Å². The molecule has 0 bridgehead atoms. The van der Waals surface area contributed by atoms with Gasteiger partial charge in [-0.2, -0.15) is 0 Å². The minimum absolute atomic E-state index is 0.0225. The SMILES string of the molecule is Cn1cc(C(=O)NCC2CCOC2)c2c(c1=O)CC=C2. The number of hydrogen-bond donors (Lipinski definition) is 1. The summed E-state index contributed by atoms with van der Waals surface area (Å²) in [5.41, 5.74) is 2.04. The summed E-state index contributed by atoms with van der Waals surface area (Å²) in [6.45, 7) is 2.12. The molecule has 1 N–H and O–H groups in total. The van der Waals surface area contributed by atoms with Crippen molar-refractivity contribution >= 4 is 12.0 Å². The number of ether oxygens (including phenoxy) is 1. The zero-order valence-corrected chi connectivity index (χ0v) is 11.5. The summed E-state index contributed by atoms with van der Waals surface area (Å²) in [6.07, 6.45) is 7.01. The summed E-state index contributed by atoms with van der Waals surface area (Å²) < 4.78 is 6.78. The van der Waals surface area contributed by atoms with Gasteiger partial charge in [-0.3, -0.25) is 9.59 Å². The second-order valence-corrected chi connectivity index (χ2v) is 5.40. The predicted octanol–water partition coefficient (Wildman–Crippen LogP) is 0.721. The maximum Gasteiger partial charge on any atom is 0.254 e. The molecule has 2 heterocycles. The van der Waals surface area contributed by atoms with E-state index in [-0.39, 0.29) is 11.5 Å². The summed E-state index contributed by atoms with van der Waals surface area (Å²) in [6, 6.07) is 0. The smallest absolute Gasteiger partial charge is 0.254 e. The van der Waals surface area contributed by atoms with E-state index in [0.29, 0.717) is 36.6 Å². The minimum atomic E-state index is -0.115. The van der Waals surface area contributed by atoms with Gasteiger partial charge in [-0.25, -0.2) is 0 Å². The van der Waals surface area contributed by atoms with Gasteiger partial charge in [-0.1, -0.05) is 12.2 Å². The Balaban J connectivity index is 1.81. The number of hydrogen-bond acceptors (Lipinski definition) is 3. The molecule has 5 heteroatoms. The second-order valence-electron chi connectivity index (χ2n) is 5.40. The molecule has 106 valence electrons. The van der Waals surface area contributed by atoms with Crippen molar-refractivity contribution in [1.29, 1.82) is 0 Å². The van der Waals surface area contributed by atoms with E-state index in [2.05, 4.69) is 5.32 Å². The van der Waals surface area contributed by atoms with Crippen molar-refractivity contribution in [2.75, 3.05) is 19.8 Å². The zero-order chi connectivity index (χ0) is 14.1. The van der Waals surface area contributed by atoms with E-state index >= 15 is 0 Å². The number of carbonyl (C=O) groups is 1. The lowest BCUT2D eigenvalue weighted by Crippen LogP contribution is -2.32. The fourth-order valence-electron chi connectivity index (χ4n) is 2.75. The van der Waals surface area contributed by atoms with Gasteiger partial charge in [-0.05, 0) is 18.4 Å². The predicted molar refractivity (Wildman–Crippen MR) is 75.7 cm³/mol. The molecule has 0 spiro atoms. The number of carbonyl (C=O) groups excluding carboxylic acids is 1. The molecule has 1 amide bonds. The Hall–Kier alpha value is -1.88. The van der Waals surface area contributed by atoms with Gasteiger partial charge in [0, 0.05) is 37.9 Å². The number of nitrogens with zero attached hydrogens (tertiary/aromatic N) is 1. The molecule has 5 nitrogen and oxygen atoms in total. The van der Waals surface area contributed by atoms with E-state index in [1.165, 1.54) is 4.57 Å². The molecule has 0 aromatic carbocycles. The minimum Gasteiger partial charge on any atom is -0.381 e. The van der Waals surface area contributed by atoms with Crippen molar-refractivity contribution in [2.24, 2.45) is 13.0 Å². The Morgan fingerprint density at radius 2 is 2.40 bits per heavy atom. The van der Waals surface area contributed by atoms with Crippen LogP contribution in [0.3, 0.4) is 0 Å². The number of pyridine rings is 1. The molecular formula is C15H18N2O3. The van der Waals surface area contributed by atoms with Gasteiger partial charge in [0.15, 0.2) is 0 Å². The maximum absolute atomic E-state index is 12.3. The summed E-state index contributed by atoms with van der Waals surface area (Å²) >= 11 is 0. The number of fused-ring (bicyclic) bond motifs is 1. The van der Waals surface area contributed by atoms with Crippen LogP contribution in [0.25, 0.3) is 6.08 Å². The highest BCUT2D eigenvalue weighted by Crippen LogP contribution is 2.20. The first kappa shape index (κ1) is 13.1. The number of aromatic nitrogens is 1. The zero-order valence-electron chi connectivity index (χ0n) is 11.5. The van der Waals surface area contributed by atoms with Crippen LogP contribution in [-0.4, -0.2) is 30.2 Å². The molecule has 1 unspecified atom stereocenters. The maximum atomic E-state index is 12.3. The van der Waals surface area contributed by atoms with Crippen molar-refractivity contribution in [3.63, 3.8) is 0 Å². The molecule has 1 atom stereocenters. The molecule has 1 saturated heterocycles. The molecule has 2 aliphatic rings. The average Bonchev–Trinajstić information content (AvgIpc) is 3.10. The van der Waals surface area contributed by atoms with Crippen LogP contribution in [-0.2, 0) is 18.2 Å². The monoisotopic (exact) mass is 274 g/mol. The summed E-state index contributed by atoms with van der Waals surface area (Å²) in [5, 5.41) is 2.95. The highest BCUT2D eigenvalue weighted by atomic mass is 16.5. The van der Waals surface area contributed by atoms with E-state index in [0.717, 1.165) is 18.6 Å². The Labute approximate surface area is 117 Å². The van der Waals surface area contributed by atoms with Gasteiger partial charge < -0.3 is 14.6 Å². The van der Waals surface area contributed by atoms with Crippen molar-refractivity contribution < 1.29 is 9.53 Å². The van der Waals surface area contributed by atoms with Crippen molar-refractivity contribution in [3.8, 4) is 0 Å². The molecular weight excluding hydrogens is 256 g/mol. The van der Waals surface area contributed by atoms with Gasteiger partial charge in [0.25, 0.3) is 11.5 Å². The third kappa shape index (κ3) is 2.29. The first-order valence-electron chi connectivity index (χ1n) is 6.92. The number of nitrogens with one attached hydrogen (secondary N) is 1. The van der Waals surface area contributed by atoms with Crippen LogP contribution in [0.1, 0.15) is 27.9 Å². The summed E-state index contributed by atoms with van der Waals surface area (Å²) in [5.74, 6) is 0.283. The molecule has 1 aromatic heterocycles. The molecule has 1 aliphatic heterocycles. The van der Waals surface area contributed by atoms with Gasteiger partial charge >= 0.3 is 0 Å². The molecule has 0 radical (unpaired) electrons. The summed E-state index contributed by atoms with van der Waals surface area (Å²) in [7, 11) is 1.68. The van der Waals surface area contributed by atoms with E-state index in [1.807, 2.05) is 12.2 Å². The van der Waals surface area contributed by atoms with E-state index < -0.39 is 0 Å². The average molecular weight is 274 g/mol. The highest BCUT2D eigenvalue weighted by molar-refractivity contribution is 5.98. The quantitative estimate of drug-likeness (QED) is 0.883. The number of aryl methyl sites for hydroxylation is 1. The van der Waals surface area contributed by atoms with Gasteiger partial charge in [-0.15, -0.1) is 0 Å². The van der Waals surface area contributed by atoms with Crippen LogP contribution in [0.4, 0.5) is 0 Å². The van der Waals surface area contributed by atoms with Crippen molar-refractivity contribution in [1.82, 2.24) is 9.88 Å². The van der Waals surface area contributed by atoms with Crippen LogP contribution in [0.15, 0.2) is 17.1 Å². The topological polar surface area (TPSA) is 60.3 Å². The van der Waals surface area contributed by atoms with Gasteiger partial charge in [0.2, 0.25) is 0 Å². The molecule has 0 saturated carbocycles. The van der Waals surface area contributed by atoms with Gasteiger partial charge in [0.05, 0.1) is 12.2 Å². The highest BCUT2D eigenvalue weighted by Gasteiger charge is 2.21. The van der Waals surface area contributed by atoms with Gasteiger partial charge in [0.1, 0.15) is 0 Å². The standard InChI is InChI=1S/C15H18N2O3/c1-17-8-13(11-3-2-4-12(11)15(17)19)14(18)16-7-10-5-6-20-9-10/h2-3,8,10H,4-7,9H2,1H3,(H,16,18). The Morgan fingerprint density at radius 3 is 3.15 bits per heavy atom. The van der Waals surface area contributed by atoms with Crippen LogP contribution < -0.4 is 10.9 Å². The lowest BCUT2D eigenvalue weighted by atomic mass is 10.1. The van der Waals surface area contributed by atoms with Crippen molar-refractivity contribution in [2.45, 2.75) is 12.8 Å². The number of amides is 1. The lowest BCUT2D eigenvalue weighted by molar-refractivity contribution is 0.0944. The third-order valence-electron chi connectivity index (χ3n) is 3.94. The first-order chi connectivity index (χ1) is 9.66. The molecule has 1 aliphatic carbocycles. The van der Waals surface area contributed by atoms with Crippen LogP contribution in [0.5, 0.6) is 0 Å².